The van der Waals surface area contributed by atoms with Gasteiger partial charge in [0.15, 0.2) is 0 Å². The average molecular weight is 468 g/mol. The van der Waals surface area contributed by atoms with Crippen molar-refractivity contribution in [3.63, 3.8) is 0 Å². The first-order valence-electron chi connectivity index (χ1n) is 12.8. The first-order valence-corrected chi connectivity index (χ1v) is 13.6. The highest BCUT2D eigenvalue weighted by Gasteiger charge is 2.28. The lowest BCUT2D eigenvalue weighted by molar-refractivity contribution is 0.248. The summed E-state index contributed by atoms with van der Waals surface area (Å²) in [5, 5.41) is 2.30. The van der Waals surface area contributed by atoms with E-state index in [0.717, 1.165) is 32.5 Å². The van der Waals surface area contributed by atoms with Crippen LogP contribution in [0.15, 0.2) is 59.7 Å². The van der Waals surface area contributed by atoms with Crippen LogP contribution in [0.1, 0.15) is 64.8 Å². The molecule has 0 saturated carbocycles. The molecule has 174 valence electrons. The molecule has 0 N–H and O–H groups in total. The van der Waals surface area contributed by atoms with Crippen LogP contribution in [0.2, 0.25) is 0 Å². The van der Waals surface area contributed by atoms with Crippen LogP contribution < -0.4 is 0 Å². The lowest BCUT2D eigenvalue weighted by atomic mass is 9.87. The van der Waals surface area contributed by atoms with Crippen molar-refractivity contribution >= 4 is 28.7 Å². The highest BCUT2D eigenvalue weighted by molar-refractivity contribution is 7.11. The van der Waals surface area contributed by atoms with Crippen molar-refractivity contribution in [2.75, 3.05) is 26.2 Å². The van der Waals surface area contributed by atoms with Crippen molar-refractivity contribution in [3.8, 4) is 0 Å². The molecule has 3 aliphatic rings. The molecule has 6 rings (SSSR count). The molecule has 2 aliphatic heterocycles. The zero-order chi connectivity index (χ0) is 22.9. The molecule has 4 heterocycles. The third-order valence-corrected chi connectivity index (χ3v) is 8.47. The summed E-state index contributed by atoms with van der Waals surface area (Å²) in [4.78, 5) is 11.1. The van der Waals surface area contributed by atoms with Crippen molar-refractivity contribution in [2.24, 2.45) is 0 Å². The van der Waals surface area contributed by atoms with Crippen LogP contribution in [0.3, 0.4) is 0 Å². The third kappa shape index (κ3) is 4.25. The van der Waals surface area contributed by atoms with Gasteiger partial charge in [-0.05, 0) is 84.4 Å². The minimum Gasteiger partial charge on any atom is -0.370 e. The normalized spacial score (nSPS) is 18.9. The first kappa shape index (κ1) is 21.8. The maximum Gasteiger partial charge on any atom is 0.0582 e. The minimum atomic E-state index is 0.998. The molecule has 1 aromatic carbocycles. The summed E-state index contributed by atoms with van der Waals surface area (Å²) in [7, 11) is 0. The van der Waals surface area contributed by atoms with E-state index in [-0.39, 0.29) is 0 Å². The molecule has 2 aromatic heterocycles. The number of rotatable bonds is 3. The van der Waals surface area contributed by atoms with Crippen molar-refractivity contribution in [1.29, 1.82) is 0 Å². The highest BCUT2D eigenvalue weighted by Crippen LogP contribution is 2.44. The number of nitrogens with zero attached hydrogens (tertiary/aromatic N) is 3. The van der Waals surface area contributed by atoms with Gasteiger partial charge < -0.3 is 4.90 Å². The molecule has 34 heavy (non-hydrogen) atoms. The van der Waals surface area contributed by atoms with Gasteiger partial charge in [0.05, 0.1) is 10.6 Å². The molecule has 0 radical (unpaired) electrons. The Kier molecular flexibility index (Phi) is 6.11. The molecule has 2 saturated heterocycles. The van der Waals surface area contributed by atoms with Gasteiger partial charge >= 0.3 is 0 Å². The Bertz CT molecular complexity index is 1240. The van der Waals surface area contributed by atoms with Gasteiger partial charge in [-0.2, -0.15) is 0 Å². The molecule has 0 atom stereocenters. The van der Waals surface area contributed by atoms with E-state index >= 15 is 0 Å². The Balaban J connectivity index is 1.34. The van der Waals surface area contributed by atoms with E-state index < -0.39 is 0 Å². The second-order valence-corrected chi connectivity index (χ2v) is 10.9. The van der Waals surface area contributed by atoms with Gasteiger partial charge in [-0.15, -0.1) is 11.3 Å². The Morgan fingerprint density at radius 1 is 0.912 bits per heavy atom. The summed E-state index contributed by atoms with van der Waals surface area (Å²) in [6.45, 7) is 7.71. The van der Waals surface area contributed by atoms with Crippen LogP contribution in [-0.4, -0.2) is 41.0 Å². The number of aryl methyl sites for hydroxylation is 1. The Morgan fingerprint density at radius 2 is 1.74 bits per heavy atom. The van der Waals surface area contributed by atoms with Crippen molar-refractivity contribution in [2.45, 2.75) is 45.6 Å². The van der Waals surface area contributed by atoms with Crippen LogP contribution >= 0.6 is 11.3 Å². The number of aromatic nitrogens is 1. The van der Waals surface area contributed by atoms with Gasteiger partial charge in [0.2, 0.25) is 0 Å². The van der Waals surface area contributed by atoms with Crippen molar-refractivity contribution < 1.29 is 0 Å². The van der Waals surface area contributed by atoms with Crippen molar-refractivity contribution in [3.05, 3.63) is 92.4 Å². The van der Waals surface area contributed by atoms with Crippen LogP contribution in [0.5, 0.6) is 0 Å². The number of hydrogen-bond donors (Lipinski definition) is 0. The molecule has 0 spiro atoms. The van der Waals surface area contributed by atoms with Gasteiger partial charge in [-0.25, -0.2) is 0 Å². The molecule has 2 fully saturated rings. The molecule has 0 unspecified atom stereocenters. The quantitative estimate of drug-likeness (QED) is 0.420. The standard InChI is InChI=1S/C30H33N3S/c1-22-17-23(20-31-19-22)21-32-14-9-24(10-15-32)29-26-8-4-3-7-25(26)18-28(30-27(29)11-16-34-30)33-12-5-2-6-13-33/h3-4,7-8,11,16-20H,2,5-6,9-10,12-15,21H2,1H3. The van der Waals surface area contributed by atoms with Gasteiger partial charge in [0.1, 0.15) is 0 Å². The van der Waals surface area contributed by atoms with Gasteiger partial charge in [0.25, 0.3) is 0 Å². The summed E-state index contributed by atoms with van der Waals surface area (Å²) < 4.78 is 0. The van der Waals surface area contributed by atoms with E-state index in [0.29, 0.717) is 0 Å². The predicted octanol–water partition coefficient (Wildman–Crippen LogP) is 6.85. The second-order valence-electron chi connectivity index (χ2n) is 9.95. The molecule has 0 bridgehead atoms. The van der Waals surface area contributed by atoms with E-state index in [2.05, 4.69) is 69.6 Å². The average Bonchev–Trinajstić information content (AvgIpc) is 3.29. The smallest absolute Gasteiger partial charge is 0.0582 e. The van der Waals surface area contributed by atoms with Crippen LogP contribution in [0.25, 0.3) is 17.3 Å². The summed E-state index contributed by atoms with van der Waals surface area (Å²) in [5.74, 6) is 0. The monoisotopic (exact) mass is 467 g/mol. The maximum absolute atomic E-state index is 4.39. The highest BCUT2D eigenvalue weighted by atomic mass is 32.1. The summed E-state index contributed by atoms with van der Waals surface area (Å²) in [6, 6.07) is 13.7. The number of benzene rings is 1. The number of pyridine rings is 1. The van der Waals surface area contributed by atoms with E-state index in [1.54, 1.807) is 5.57 Å². The van der Waals surface area contributed by atoms with Crippen LogP contribution in [0, 0.1) is 6.92 Å². The van der Waals surface area contributed by atoms with E-state index in [1.807, 2.05) is 23.7 Å². The molecule has 0 amide bonds. The molecular formula is C30H33N3S. The summed E-state index contributed by atoms with van der Waals surface area (Å²) >= 11 is 1.92. The minimum absolute atomic E-state index is 0.998. The molecular weight excluding hydrogens is 434 g/mol. The fourth-order valence-electron chi connectivity index (χ4n) is 5.86. The fourth-order valence-corrected chi connectivity index (χ4v) is 6.80. The largest absolute Gasteiger partial charge is 0.370 e. The summed E-state index contributed by atoms with van der Waals surface area (Å²) in [6.07, 6.45) is 12.7. The van der Waals surface area contributed by atoms with Crippen molar-refractivity contribution in [1.82, 2.24) is 14.8 Å². The molecule has 3 aromatic rings. The number of likely N-dealkylation sites (tertiary alicyclic amines) is 2. The summed E-state index contributed by atoms with van der Waals surface area (Å²) in [5.41, 5.74) is 11.4. The van der Waals surface area contributed by atoms with Gasteiger partial charge in [-0.3, -0.25) is 9.88 Å². The van der Waals surface area contributed by atoms with Crippen LogP contribution in [0.4, 0.5) is 0 Å². The van der Waals surface area contributed by atoms with Crippen LogP contribution in [-0.2, 0) is 6.54 Å². The Hall–Kier alpha value is -2.69. The number of fused-ring (bicyclic) bond motifs is 2. The maximum atomic E-state index is 4.39. The molecule has 1 aliphatic carbocycles. The molecule has 3 nitrogen and oxygen atoms in total. The number of piperidine rings is 2. The number of thiophene rings is 1. The topological polar surface area (TPSA) is 19.4 Å². The predicted molar refractivity (Wildman–Crippen MR) is 144 cm³/mol. The van der Waals surface area contributed by atoms with Gasteiger partial charge in [0, 0.05) is 50.7 Å². The second kappa shape index (κ2) is 9.52. The molecule has 4 heteroatoms. The number of hydrogen-bond acceptors (Lipinski definition) is 4. The first-order chi connectivity index (χ1) is 16.8. The third-order valence-electron chi connectivity index (χ3n) is 7.54. The Labute approximate surface area is 207 Å². The van der Waals surface area contributed by atoms with E-state index in [9.17, 15) is 0 Å². The van der Waals surface area contributed by atoms with E-state index in [4.69, 9.17) is 0 Å². The SMILES string of the molecule is Cc1cncc(CN2CCC(=C3c4ccccc4C=C(N4CCCCC4)c4sccc43)CC2)c1. The zero-order valence-electron chi connectivity index (χ0n) is 20.1. The zero-order valence-corrected chi connectivity index (χ0v) is 20.9. The lowest BCUT2D eigenvalue weighted by Gasteiger charge is -2.31. The van der Waals surface area contributed by atoms with E-state index in [1.165, 1.54) is 76.3 Å². The van der Waals surface area contributed by atoms with Gasteiger partial charge in [-0.1, -0.05) is 35.9 Å². The Morgan fingerprint density at radius 3 is 2.56 bits per heavy atom. The lowest BCUT2D eigenvalue weighted by Crippen LogP contribution is -2.30. The fraction of sp³-hybridized carbons (Fsp3) is 0.367.